The molecule has 0 unspecified atom stereocenters. The molecular weight excluding hydrogens is 304 g/mol. The van der Waals surface area contributed by atoms with Crippen molar-refractivity contribution in [3.05, 3.63) is 59.7 Å². The lowest BCUT2D eigenvalue weighted by Crippen LogP contribution is -2.30. The molecule has 122 valence electrons. The fourth-order valence-corrected chi connectivity index (χ4v) is 2.43. The molecule has 23 heavy (non-hydrogen) atoms. The van der Waals surface area contributed by atoms with Gasteiger partial charge in [-0.1, -0.05) is 38.1 Å². The van der Waals surface area contributed by atoms with E-state index in [-0.39, 0.29) is 0 Å². The van der Waals surface area contributed by atoms with E-state index in [1.807, 2.05) is 24.1 Å². The molecule has 0 fully saturated rings. The van der Waals surface area contributed by atoms with Crippen LogP contribution >= 0.6 is 12.2 Å². The molecule has 0 atom stereocenters. The average molecular weight is 328 g/mol. The van der Waals surface area contributed by atoms with E-state index in [9.17, 15) is 0 Å². The monoisotopic (exact) mass is 328 g/mol. The first-order valence-corrected chi connectivity index (χ1v) is 8.15. The van der Waals surface area contributed by atoms with Crippen LogP contribution < -0.4 is 10.1 Å². The molecule has 2 aromatic carbocycles. The summed E-state index contributed by atoms with van der Waals surface area (Å²) in [5.74, 6) is 1.40. The quantitative estimate of drug-likeness (QED) is 0.808. The maximum absolute atomic E-state index is 5.48. The number of rotatable bonds is 5. The predicted octanol–water partition coefficient (Wildman–Crippen LogP) is 4.65. The molecule has 0 aliphatic rings. The van der Waals surface area contributed by atoms with Gasteiger partial charge in [0.05, 0.1) is 7.11 Å². The maximum Gasteiger partial charge on any atom is 0.173 e. The lowest BCUT2D eigenvalue weighted by molar-refractivity contribution is 0.414. The molecule has 0 aliphatic heterocycles. The third-order valence-electron chi connectivity index (χ3n) is 3.75. The second-order valence-electron chi connectivity index (χ2n) is 5.91. The molecule has 0 saturated carbocycles. The lowest BCUT2D eigenvalue weighted by Gasteiger charge is -2.21. The number of ether oxygens (including phenoxy) is 1. The van der Waals surface area contributed by atoms with Gasteiger partial charge < -0.3 is 15.0 Å². The zero-order chi connectivity index (χ0) is 16.8. The van der Waals surface area contributed by atoms with Crippen molar-refractivity contribution in [2.45, 2.75) is 26.3 Å². The van der Waals surface area contributed by atoms with Gasteiger partial charge in [-0.15, -0.1) is 0 Å². The van der Waals surface area contributed by atoms with Crippen molar-refractivity contribution >= 4 is 23.0 Å². The molecule has 4 heteroatoms. The third kappa shape index (κ3) is 4.96. The standard InChI is InChI=1S/C19H24N2OS/c1-14(2)16-7-9-17(10-8-16)20-19(23)21(3)13-15-5-11-18(22-4)12-6-15/h5-12,14H,13H2,1-4H3,(H,20,23). The van der Waals surface area contributed by atoms with Gasteiger partial charge in [-0.3, -0.25) is 0 Å². The first-order chi connectivity index (χ1) is 11.0. The van der Waals surface area contributed by atoms with Crippen LogP contribution in [0.2, 0.25) is 0 Å². The highest BCUT2D eigenvalue weighted by atomic mass is 32.1. The normalized spacial score (nSPS) is 10.5. The topological polar surface area (TPSA) is 24.5 Å². The largest absolute Gasteiger partial charge is 0.497 e. The van der Waals surface area contributed by atoms with E-state index in [0.29, 0.717) is 11.0 Å². The van der Waals surface area contributed by atoms with E-state index in [0.717, 1.165) is 18.0 Å². The van der Waals surface area contributed by atoms with Gasteiger partial charge in [-0.25, -0.2) is 0 Å². The number of anilines is 1. The number of nitrogens with one attached hydrogen (secondary N) is 1. The summed E-state index contributed by atoms with van der Waals surface area (Å²) in [5, 5.41) is 3.99. The van der Waals surface area contributed by atoms with E-state index >= 15 is 0 Å². The van der Waals surface area contributed by atoms with Gasteiger partial charge in [0, 0.05) is 19.3 Å². The second kappa shape index (κ2) is 7.97. The summed E-state index contributed by atoms with van der Waals surface area (Å²) in [4.78, 5) is 2.02. The summed E-state index contributed by atoms with van der Waals surface area (Å²) in [6, 6.07) is 16.4. The van der Waals surface area contributed by atoms with Gasteiger partial charge in [-0.05, 0) is 53.5 Å². The van der Waals surface area contributed by atoms with Crippen molar-refractivity contribution in [2.24, 2.45) is 0 Å². The van der Waals surface area contributed by atoms with Crippen LogP contribution in [0.1, 0.15) is 30.9 Å². The van der Waals surface area contributed by atoms with Crippen molar-refractivity contribution in [2.75, 3.05) is 19.5 Å². The minimum Gasteiger partial charge on any atom is -0.497 e. The van der Waals surface area contributed by atoms with Gasteiger partial charge in [-0.2, -0.15) is 0 Å². The number of hydrogen-bond donors (Lipinski definition) is 1. The SMILES string of the molecule is COc1ccc(CN(C)C(=S)Nc2ccc(C(C)C)cc2)cc1. The summed E-state index contributed by atoms with van der Waals surface area (Å²) in [6.45, 7) is 5.13. The van der Waals surface area contributed by atoms with Crippen LogP contribution in [0.4, 0.5) is 5.69 Å². The number of nitrogens with zero attached hydrogens (tertiary/aromatic N) is 1. The second-order valence-corrected chi connectivity index (χ2v) is 6.30. The Kier molecular flexibility index (Phi) is 5.99. The molecule has 0 amide bonds. The van der Waals surface area contributed by atoms with Crippen LogP contribution in [0.3, 0.4) is 0 Å². The number of benzene rings is 2. The van der Waals surface area contributed by atoms with Crippen molar-refractivity contribution in [1.82, 2.24) is 4.90 Å². The maximum atomic E-state index is 5.48. The Morgan fingerprint density at radius 2 is 1.70 bits per heavy atom. The Labute approximate surface area is 144 Å². The van der Waals surface area contributed by atoms with Crippen molar-refractivity contribution in [3.8, 4) is 5.75 Å². The minimum atomic E-state index is 0.536. The third-order valence-corrected chi connectivity index (χ3v) is 4.17. The Bertz CT molecular complexity index is 635. The van der Waals surface area contributed by atoms with Crippen LogP contribution in [0.25, 0.3) is 0 Å². The van der Waals surface area contributed by atoms with Crippen LogP contribution in [0.5, 0.6) is 5.75 Å². The molecule has 0 aliphatic carbocycles. The lowest BCUT2D eigenvalue weighted by atomic mass is 10.0. The van der Waals surface area contributed by atoms with E-state index < -0.39 is 0 Å². The Hall–Kier alpha value is -2.07. The molecule has 2 rings (SSSR count). The minimum absolute atomic E-state index is 0.536. The van der Waals surface area contributed by atoms with Crippen LogP contribution in [-0.4, -0.2) is 24.2 Å². The first kappa shape index (κ1) is 17.3. The van der Waals surface area contributed by atoms with E-state index in [1.54, 1.807) is 7.11 Å². The molecule has 0 aromatic heterocycles. The number of methoxy groups -OCH3 is 1. The molecule has 2 aromatic rings. The molecule has 0 radical (unpaired) electrons. The summed E-state index contributed by atoms with van der Waals surface area (Å²) in [6.07, 6.45) is 0. The van der Waals surface area contributed by atoms with Crippen molar-refractivity contribution < 1.29 is 4.74 Å². The van der Waals surface area contributed by atoms with Gasteiger partial charge >= 0.3 is 0 Å². The Balaban J connectivity index is 1.93. The van der Waals surface area contributed by atoms with Gasteiger partial charge in [0.15, 0.2) is 5.11 Å². The molecular formula is C19H24N2OS. The summed E-state index contributed by atoms with van der Waals surface area (Å²) in [5.41, 5.74) is 3.53. The summed E-state index contributed by atoms with van der Waals surface area (Å²) in [7, 11) is 3.66. The molecule has 3 nitrogen and oxygen atoms in total. The van der Waals surface area contributed by atoms with Crippen LogP contribution in [-0.2, 0) is 6.54 Å². The average Bonchev–Trinajstić information content (AvgIpc) is 2.56. The fraction of sp³-hybridized carbons (Fsp3) is 0.316. The fourth-order valence-electron chi connectivity index (χ4n) is 2.25. The van der Waals surface area contributed by atoms with Crippen molar-refractivity contribution in [1.29, 1.82) is 0 Å². The predicted molar refractivity (Wildman–Crippen MR) is 101 cm³/mol. The van der Waals surface area contributed by atoms with Crippen LogP contribution in [0, 0.1) is 0 Å². The van der Waals surface area contributed by atoms with Gasteiger partial charge in [0.25, 0.3) is 0 Å². The number of hydrogen-bond acceptors (Lipinski definition) is 2. The van der Waals surface area contributed by atoms with Crippen LogP contribution in [0.15, 0.2) is 48.5 Å². The highest BCUT2D eigenvalue weighted by Crippen LogP contribution is 2.18. The van der Waals surface area contributed by atoms with Crippen molar-refractivity contribution in [3.63, 3.8) is 0 Å². The van der Waals surface area contributed by atoms with E-state index in [4.69, 9.17) is 17.0 Å². The molecule has 0 saturated heterocycles. The molecule has 0 spiro atoms. The molecule has 0 bridgehead atoms. The zero-order valence-electron chi connectivity index (χ0n) is 14.2. The molecule has 1 N–H and O–H groups in total. The smallest absolute Gasteiger partial charge is 0.173 e. The summed E-state index contributed by atoms with van der Waals surface area (Å²) >= 11 is 5.48. The number of thiocarbonyl (C=S) groups is 1. The van der Waals surface area contributed by atoms with E-state index in [2.05, 4.69) is 55.6 Å². The van der Waals surface area contributed by atoms with Gasteiger partial charge in [0.2, 0.25) is 0 Å². The molecule has 0 heterocycles. The van der Waals surface area contributed by atoms with E-state index in [1.165, 1.54) is 11.1 Å². The Morgan fingerprint density at radius 1 is 1.09 bits per heavy atom. The highest BCUT2D eigenvalue weighted by molar-refractivity contribution is 7.80. The summed E-state index contributed by atoms with van der Waals surface area (Å²) < 4.78 is 5.18. The Morgan fingerprint density at radius 3 is 2.22 bits per heavy atom. The van der Waals surface area contributed by atoms with Gasteiger partial charge in [0.1, 0.15) is 5.75 Å². The zero-order valence-corrected chi connectivity index (χ0v) is 15.0. The first-order valence-electron chi connectivity index (χ1n) is 7.74. The highest BCUT2D eigenvalue weighted by Gasteiger charge is 2.06.